The fraction of sp³-hybridized carbons (Fsp3) is 0.462. The first-order valence-electron chi connectivity index (χ1n) is 5.63. The van der Waals surface area contributed by atoms with Gasteiger partial charge in [0.15, 0.2) is 5.78 Å². The summed E-state index contributed by atoms with van der Waals surface area (Å²) < 4.78 is 5.71. The molecule has 0 amide bonds. The maximum absolute atomic E-state index is 11.4. The van der Waals surface area contributed by atoms with Gasteiger partial charge in [-0.3, -0.25) is 4.79 Å². The van der Waals surface area contributed by atoms with Crippen LogP contribution in [-0.2, 0) is 0 Å². The van der Waals surface area contributed by atoms with Crippen LogP contribution in [0.2, 0.25) is 0 Å². The molecule has 0 aliphatic heterocycles. The summed E-state index contributed by atoms with van der Waals surface area (Å²) >= 11 is 0. The lowest BCUT2D eigenvalue weighted by atomic mass is 10.1. The fourth-order valence-corrected chi connectivity index (χ4v) is 2.07. The summed E-state index contributed by atoms with van der Waals surface area (Å²) in [6.07, 6.45) is 2.05. The molecule has 0 spiro atoms. The molecule has 16 heavy (non-hydrogen) atoms. The molecule has 0 aromatic heterocycles. The van der Waals surface area contributed by atoms with Crippen LogP contribution >= 0.6 is 0 Å². The first kappa shape index (κ1) is 11.1. The molecule has 3 heteroatoms. The van der Waals surface area contributed by atoms with E-state index in [1.165, 1.54) is 6.92 Å². The van der Waals surface area contributed by atoms with Gasteiger partial charge in [0.25, 0.3) is 0 Å². The van der Waals surface area contributed by atoms with Crippen molar-refractivity contribution in [2.24, 2.45) is 0 Å². The van der Waals surface area contributed by atoms with Crippen LogP contribution in [0.4, 0.5) is 0 Å². The van der Waals surface area contributed by atoms with E-state index in [2.05, 4.69) is 0 Å². The van der Waals surface area contributed by atoms with Crippen LogP contribution < -0.4 is 4.74 Å². The van der Waals surface area contributed by atoms with E-state index in [0.717, 1.165) is 19.3 Å². The van der Waals surface area contributed by atoms with Gasteiger partial charge >= 0.3 is 0 Å². The van der Waals surface area contributed by atoms with E-state index in [0.29, 0.717) is 11.3 Å². The largest absolute Gasteiger partial charge is 0.487 e. The Morgan fingerprint density at radius 1 is 1.38 bits per heavy atom. The molecule has 3 nitrogen and oxygen atoms in total. The minimum atomic E-state index is -0.403. The zero-order valence-corrected chi connectivity index (χ0v) is 9.35. The van der Waals surface area contributed by atoms with Crippen molar-refractivity contribution < 1.29 is 14.6 Å². The normalized spacial score (nSPS) is 24.4. The average Bonchev–Trinajstić information content (AvgIpc) is 2.65. The van der Waals surface area contributed by atoms with E-state index in [9.17, 15) is 9.90 Å². The molecule has 1 aromatic rings. The van der Waals surface area contributed by atoms with E-state index in [1.807, 2.05) is 12.1 Å². The van der Waals surface area contributed by atoms with Gasteiger partial charge in [-0.1, -0.05) is 12.1 Å². The van der Waals surface area contributed by atoms with Gasteiger partial charge in [0.05, 0.1) is 11.7 Å². The second-order valence-corrected chi connectivity index (χ2v) is 4.21. The Balaban J connectivity index is 2.17. The minimum absolute atomic E-state index is 0.0110. The molecule has 0 radical (unpaired) electrons. The third-order valence-corrected chi connectivity index (χ3v) is 2.96. The molecule has 86 valence electrons. The number of benzene rings is 1. The molecule has 0 bridgehead atoms. The van der Waals surface area contributed by atoms with Crippen LogP contribution in [0, 0.1) is 0 Å². The van der Waals surface area contributed by atoms with Crippen LogP contribution in [0.5, 0.6) is 5.75 Å². The molecule has 0 saturated heterocycles. The van der Waals surface area contributed by atoms with Crippen LogP contribution in [0.25, 0.3) is 0 Å². The van der Waals surface area contributed by atoms with Crippen molar-refractivity contribution in [2.75, 3.05) is 0 Å². The molecule has 1 fully saturated rings. The highest BCUT2D eigenvalue weighted by atomic mass is 16.5. The van der Waals surface area contributed by atoms with Gasteiger partial charge in [0.2, 0.25) is 0 Å². The predicted octanol–water partition coefficient (Wildman–Crippen LogP) is 2.18. The Hall–Kier alpha value is -1.35. The molecular formula is C13H16O3. The molecular weight excluding hydrogens is 204 g/mol. The highest BCUT2D eigenvalue weighted by Gasteiger charge is 2.27. The predicted molar refractivity (Wildman–Crippen MR) is 60.7 cm³/mol. The fourth-order valence-electron chi connectivity index (χ4n) is 2.07. The third-order valence-electron chi connectivity index (χ3n) is 2.96. The molecule has 1 N–H and O–H groups in total. The molecule has 1 saturated carbocycles. The van der Waals surface area contributed by atoms with Gasteiger partial charge < -0.3 is 9.84 Å². The third kappa shape index (κ3) is 2.25. The number of rotatable bonds is 3. The van der Waals surface area contributed by atoms with Crippen molar-refractivity contribution in [3.63, 3.8) is 0 Å². The zero-order chi connectivity index (χ0) is 11.5. The Morgan fingerprint density at radius 3 is 2.75 bits per heavy atom. The average molecular weight is 220 g/mol. The second kappa shape index (κ2) is 4.66. The summed E-state index contributed by atoms with van der Waals surface area (Å²) in [4.78, 5) is 11.4. The number of Topliss-reactive ketones (excluding diaryl/α,β-unsaturated/α-hetero) is 1. The number of ether oxygens (including phenoxy) is 1. The van der Waals surface area contributed by atoms with Crippen molar-refractivity contribution in [1.29, 1.82) is 0 Å². The van der Waals surface area contributed by atoms with E-state index >= 15 is 0 Å². The molecule has 1 aromatic carbocycles. The van der Waals surface area contributed by atoms with Crippen molar-refractivity contribution in [3.05, 3.63) is 29.8 Å². The maximum atomic E-state index is 11.4. The summed E-state index contributed by atoms with van der Waals surface area (Å²) in [5.41, 5.74) is 0.585. The van der Waals surface area contributed by atoms with Gasteiger partial charge in [-0.05, 0) is 38.3 Å². The van der Waals surface area contributed by atoms with E-state index in [1.54, 1.807) is 12.1 Å². The Kier molecular flexibility index (Phi) is 3.25. The van der Waals surface area contributed by atoms with Gasteiger partial charge in [-0.15, -0.1) is 0 Å². The quantitative estimate of drug-likeness (QED) is 0.794. The van der Waals surface area contributed by atoms with Gasteiger partial charge in [0, 0.05) is 0 Å². The van der Waals surface area contributed by atoms with Crippen molar-refractivity contribution in [3.8, 4) is 5.75 Å². The highest BCUT2D eigenvalue weighted by molar-refractivity contribution is 5.96. The summed E-state index contributed by atoms with van der Waals surface area (Å²) in [5, 5.41) is 9.67. The summed E-state index contributed by atoms with van der Waals surface area (Å²) in [6, 6.07) is 7.18. The summed E-state index contributed by atoms with van der Waals surface area (Å²) in [5.74, 6) is 0.573. The molecule has 2 atom stereocenters. The summed E-state index contributed by atoms with van der Waals surface area (Å²) in [7, 11) is 0. The lowest BCUT2D eigenvalue weighted by Gasteiger charge is -2.18. The molecule has 2 rings (SSSR count). The minimum Gasteiger partial charge on any atom is -0.487 e. The number of aliphatic hydroxyl groups is 1. The Morgan fingerprint density at radius 2 is 2.12 bits per heavy atom. The van der Waals surface area contributed by atoms with E-state index in [4.69, 9.17) is 4.74 Å². The zero-order valence-electron chi connectivity index (χ0n) is 9.35. The van der Waals surface area contributed by atoms with Crippen molar-refractivity contribution in [1.82, 2.24) is 0 Å². The number of ketones is 1. The van der Waals surface area contributed by atoms with Gasteiger partial charge in [-0.25, -0.2) is 0 Å². The monoisotopic (exact) mass is 220 g/mol. The van der Waals surface area contributed by atoms with Crippen molar-refractivity contribution >= 4 is 5.78 Å². The number of hydrogen-bond donors (Lipinski definition) is 1. The Labute approximate surface area is 95.0 Å². The molecule has 1 aliphatic carbocycles. The first-order chi connectivity index (χ1) is 7.68. The van der Waals surface area contributed by atoms with Crippen molar-refractivity contribution in [2.45, 2.75) is 38.4 Å². The van der Waals surface area contributed by atoms with Gasteiger partial charge in [0.1, 0.15) is 11.9 Å². The molecule has 2 unspecified atom stereocenters. The van der Waals surface area contributed by atoms with Crippen LogP contribution in [-0.4, -0.2) is 23.1 Å². The summed E-state index contributed by atoms with van der Waals surface area (Å²) in [6.45, 7) is 1.52. The van der Waals surface area contributed by atoms with E-state index < -0.39 is 6.10 Å². The smallest absolute Gasteiger partial charge is 0.163 e. The van der Waals surface area contributed by atoms with Crippen LogP contribution in [0.1, 0.15) is 36.5 Å². The SMILES string of the molecule is CC(=O)c1ccccc1OC1CCCC1O. The molecule has 1 aliphatic rings. The number of carbonyl (C=O) groups is 1. The number of aliphatic hydroxyl groups excluding tert-OH is 1. The highest BCUT2D eigenvalue weighted by Crippen LogP contribution is 2.27. The number of para-hydroxylation sites is 1. The second-order valence-electron chi connectivity index (χ2n) is 4.21. The maximum Gasteiger partial charge on any atom is 0.163 e. The number of hydrogen-bond acceptors (Lipinski definition) is 3. The lowest BCUT2D eigenvalue weighted by Crippen LogP contribution is -2.26. The standard InChI is InChI=1S/C13H16O3/c1-9(14)10-5-2-3-7-12(10)16-13-8-4-6-11(13)15/h2-3,5,7,11,13,15H,4,6,8H2,1H3. The topological polar surface area (TPSA) is 46.5 Å². The molecule has 0 heterocycles. The van der Waals surface area contributed by atoms with E-state index in [-0.39, 0.29) is 11.9 Å². The van der Waals surface area contributed by atoms with Crippen LogP contribution in [0.15, 0.2) is 24.3 Å². The number of carbonyl (C=O) groups excluding carboxylic acids is 1. The van der Waals surface area contributed by atoms with Crippen LogP contribution in [0.3, 0.4) is 0 Å². The lowest BCUT2D eigenvalue weighted by molar-refractivity contribution is 0.0594. The first-order valence-corrected chi connectivity index (χ1v) is 5.63. The van der Waals surface area contributed by atoms with Gasteiger partial charge in [-0.2, -0.15) is 0 Å². The Bertz CT molecular complexity index is 387.